The van der Waals surface area contributed by atoms with Gasteiger partial charge in [-0.25, -0.2) is 0 Å². The van der Waals surface area contributed by atoms with Crippen LogP contribution in [0.15, 0.2) is 18.3 Å². The number of pyridine rings is 1. The molecule has 2 heteroatoms. The lowest BCUT2D eigenvalue weighted by Gasteiger charge is -2.12. The summed E-state index contributed by atoms with van der Waals surface area (Å²) in [6, 6.07) is 4.33. The Bertz CT molecular complexity index is 307. The van der Waals surface area contributed by atoms with Gasteiger partial charge in [-0.2, -0.15) is 0 Å². The van der Waals surface area contributed by atoms with Gasteiger partial charge in [0.2, 0.25) is 0 Å². The Kier molecular flexibility index (Phi) is 3.63. The molecule has 1 aliphatic rings. The van der Waals surface area contributed by atoms with Crippen LogP contribution in [0.3, 0.4) is 0 Å². The normalized spacial score (nSPS) is 25.7. The van der Waals surface area contributed by atoms with Gasteiger partial charge in [-0.3, -0.25) is 4.98 Å². The largest absolute Gasteiger partial charge is 0.261 e. The van der Waals surface area contributed by atoms with Gasteiger partial charge >= 0.3 is 0 Å². The maximum atomic E-state index is 6.26. The molecule has 0 N–H and O–H groups in total. The van der Waals surface area contributed by atoms with E-state index in [1.807, 2.05) is 6.20 Å². The molecule has 15 heavy (non-hydrogen) atoms. The van der Waals surface area contributed by atoms with E-state index in [0.29, 0.717) is 11.3 Å². The van der Waals surface area contributed by atoms with E-state index >= 15 is 0 Å². The molecule has 2 unspecified atom stereocenters. The lowest BCUT2D eigenvalue weighted by molar-refractivity contribution is 0.545. The number of halogens is 1. The van der Waals surface area contributed by atoms with Gasteiger partial charge in [-0.15, -0.1) is 11.6 Å². The van der Waals surface area contributed by atoms with Crippen LogP contribution < -0.4 is 0 Å². The van der Waals surface area contributed by atoms with Gasteiger partial charge < -0.3 is 0 Å². The van der Waals surface area contributed by atoms with Gasteiger partial charge in [-0.05, 0) is 43.2 Å². The Labute approximate surface area is 96.9 Å². The van der Waals surface area contributed by atoms with Crippen molar-refractivity contribution in [2.75, 3.05) is 0 Å². The molecular formula is C13H18ClN. The summed E-state index contributed by atoms with van der Waals surface area (Å²) in [5, 5.41) is 0.373. The van der Waals surface area contributed by atoms with Crippen LogP contribution in [0.25, 0.3) is 0 Å². The van der Waals surface area contributed by atoms with Crippen molar-refractivity contribution in [1.29, 1.82) is 0 Å². The molecular weight excluding hydrogens is 206 g/mol. The molecule has 0 amide bonds. The van der Waals surface area contributed by atoms with Gasteiger partial charge in [0.25, 0.3) is 0 Å². The lowest BCUT2D eigenvalue weighted by atomic mass is 10.0. The molecule has 0 aliphatic heterocycles. The molecule has 0 spiro atoms. The molecule has 1 nitrogen and oxygen atoms in total. The van der Waals surface area contributed by atoms with Gasteiger partial charge in [0.05, 0.1) is 0 Å². The molecule has 1 aromatic rings. The second kappa shape index (κ2) is 4.98. The molecule has 1 saturated carbocycles. The second-order valence-corrected chi connectivity index (χ2v) is 4.98. The van der Waals surface area contributed by atoms with Crippen molar-refractivity contribution >= 4 is 11.6 Å². The first-order chi connectivity index (χ1) is 7.29. The Morgan fingerprint density at radius 2 is 2.27 bits per heavy atom. The summed E-state index contributed by atoms with van der Waals surface area (Å²) < 4.78 is 0. The molecule has 2 atom stereocenters. The molecule has 1 aliphatic carbocycles. The van der Waals surface area contributed by atoms with Crippen LogP contribution in [0.4, 0.5) is 0 Å². The molecule has 1 heterocycles. The molecule has 1 aromatic heterocycles. The van der Waals surface area contributed by atoms with Crippen LogP contribution in [0.5, 0.6) is 0 Å². The third-order valence-electron chi connectivity index (χ3n) is 3.33. The Balaban J connectivity index is 1.98. The average Bonchev–Trinajstić information content (AvgIpc) is 2.66. The molecule has 0 aromatic carbocycles. The van der Waals surface area contributed by atoms with E-state index in [4.69, 9.17) is 11.6 Å². The number of aromatic nitrogens is 1. The highest BCUT2D eigenvalue weighted by atomic mass is 35.5. The number of alkyl halides is 1. The highest BCUT2D eigenvalue weighted by molar-refractivity contribution is 6.20. The third kappa shape index (κ3) is 2.72. The van der Waals surface area contributed by atoms with E-state index in [1.165, 1.54) is 30.5 Å². The van der Waals surface area contributed by atoms with Gasteiger partial charge in [0.15, 0.2) is 0 Å². The first-order valence-electron chi connectivity index (χ1n) is 5.87. The highest BCUT2D eigenvalue weighted by Gasteiger charge is 2.25. The van der Waals surface area contributed by atoms with E-state index in [2.05, 4.69) is 24.0 Å². The minimum Gasteiger partial charge on any atom is -0.261 e. The zero-order valence-electron chi connectivity index (χ0n) is 9.25. The van der Waals surface area contributed by atoms with E-state index in [0.717, 1.165) is 12.8 Å². The number of rotatable bonds is 3. The maximum Gasteiger partial charge on any atom is 0.0407 e. The predicted octanol–water partition coefficient (Wildman–Crippen LogP) is 3.59. The number of hydrogen-bond acceptors (Lipinski definition) is 1. The minimum absolute atomic E-state index is 0.373. The van der Waals surface area contributed by atoms with Crippen molar-refractivity contribution < 1.29 is 0 Å². The fourth-order valence-corrected chi connectivity index (χ4v) is 2.64. The quantitative estimate of drug-likeness (QED) is 0.714. The number of nitrogens with zero attached hydrogens (tertiary/aromatic N) is 1. The second-order valence-electron chi connectivity index (χ2n) is 4.42. The van der Waals surface area contributed by atoms with Crippen LogP contribution in [0.1, 0.15) is 37.4 Å². The lowest BCUT2D eigenvalue weighted by Crippen LogP contribution is -2.11. The van der Waals surface area contributed by atoms with Crippen LogP contribution in [0, 0.1) is 5.92 Å². The monoisotopic (exact) mass is 223 g/mol. The van der Waals surface area contributed by atoms with Crippen LogP contribution in [-0.4, -0.2) is 10.4 Å². The predicted molar refractivity (Wildman–Crippen MR) is 64.3 cm³/mol. The van der Waals surface area contributed by atoms with Gasteiger partial charge in [0, 0.05) is 17.3 Å². The standard InChI is InChI=1S/C13H18ClN/c1-2-10-6-7-12(15-9-10)8-11-4-3-5-13(11)14/h6-7,9,11,13H,2-5,8H2,1H3. The summed E-state index contributed by atoms with van der Waals surface area (Å²) in [6.45, 7) is 2.16. The molecule has 0 bridgehead atoms. The summed E-state index contributed by atoms with van der Waals surface area (Å²) in [5.41, 5.74) is 2.51. The summed E-state index contributed by atoms with van der Waals surface area (Å²) in [4.78, 5) is 4.49. The topological polar surface area (TPSA) is 12.9 Å². The zero-order chi connectivity index (χ0) is 10.7. The Hall–Kier alpha value is -0.560. The van der Waals surface area contributed by atoms with Crippen LogP contribution in [-0.2, 0) is 12.8 Å². The van der Waals surface area contributed by atoms with E-state index in [-0.39, 0.29) is 0 Å². The van der Waals surface area contributed by atoms with Crippen molar-refractivity contribution in [1.82, 2.24) is 4.98 Å². The Morgan fingerprint density at radius 3 is 2.80 bits per heavy atom. The zero-order valence-corrected chi connectivity index (χ0v) is 10.0. The molecule has 82 valence electrons. The molecule has 2 rings (SSSR count). The summed E-state index contributed by atoms with van der Waals surface area (Å²) in [7, 11) is 0. The van der Waals surface area contributed by atoms with Gasteiger partial charge in [-0.1, -0.05) is 19.4 Å². The number of hydrogen-bond donors (Lipinski definition) is 0. The van der Waals surface area contributed by atoms with Crippen molar-refractivity contribution in [2.24, 2.45) is 5.92 Å². The average molecular weight is 224 g/mol. The fourth-order valence-electron chi connectivity index (χ4n) is 2.28. The molecule has 0 saturated heterocycles. The summed E-state index contributed by atoms with van der Waals surface area (Å²) in [5.74, 6) is 0.645. The summed E-state index contributed by atoms with van der Waals surface area (Å²) >= 11 is 6.26. The smallest absolute Gasteiger partial charge is 0.0407 e. The van der Waals surface area contributed by atoms with Crippen molar-refractivity contribution in [3.63, 3.8) is 0 Å². The van der Waals surface area contributed by atoms with Crippen molar-refractivity contribution in [3.05, 3.63) is 29.6 Å². The molecule has 0 radical (unpaired) electrons. The van der Waals surface area contributed by atoms with Crippen molar-refractivity contribution in [2.45, 2.75) is 44.4 Å². The summed E-state index contributed by atoms with van der Waals surface area (Å²) in [6.07, 6.45) is 7.84. The minimum atomic E-state index is 0.373. The van der Waals surface area contributed by atoms with Crippen LogP contribution in [0.2, 0.25) is 0 Å². The third-order valence-corrected chi connectivity index (χ3v) is 3.91. The Morgan fingerprint density at radius 1 is 1.40 bits per heavy atom. The SMILES string of the molecule is CCc1ccc(CC2CCCC2Cl)nc1. The van der Waals surface area contributed by atoms with E-state index < -0.39 is 0 Å². The van der Waals surface area contributed by atoms with Crippen molar-refractivity contribution in [3.8, 4) is 0 Å². The van der Waals surface area contributed by atoms with Gasteiger partial charge in [0.1, 0.15) is 0 Å². The highest BCUT2D eigenvalue weighted by Crippen LogP contribution is 2.32. The van der Waals surface area contributed by atoms with E-state index in [9.17, 15) is 0 Å². The van der Waals surface area contributed by atoms with E-state index in [1.54, 1.807) is 0 Å². The van der Waals surface area contributed by atoms with Crippen LogP contribution >= 0.6 is 11.6 Å². The maximum absolute atomic E-state index is 6.26. The molecule has 1 fully saturated rings. The first kappa shape index (κ1) is 10.9. The number of aryl methyl sites for hydroxylation is 1. The first-order valence-corrected chi connectivity index (χ1v) is 6.31. The fraction of sp³-hybridized carbons (Fsp3) is 0.615.